The maximum absolute atomic E-state index is 13.3. The van der Waals surface area contributed by atoms with Crippen LogP contribution in [0.25, 0.3) is 16.8 Å². The van der Waals surface area contributed by atoms with Crippen molar-refractivity contribution >= 4 is 11.4 Å². The maximum Gasteiger partial charge on any atom is 0.132 e. The van der Waals surface area contributed by atoms with Crippen LogP contribution in [0.15, 0.2) is 67.2 Å². The largest absolute Gasteiger partial charge is 0.300 e. The maximum atomic E-state index is 13.3. The smallest absolute Gasteiger partial charge is 0.132 e. The van der Waals surface area contributed by atoms with Crippen LogP contribution in [-0.4, -0.2) is 10.8 Å². The molecule has 3 aromatic rings. The number of pyridine rings is 1. The lowest BCUT2D eigenvalue weighted by Crippen LogP contribution is -2.05. The van der Waals surface area contributed by atoms with Crippen molar-refractivity contribution in [3.05, 3.63) is 95.4 Å². The van der Waals surface area contributed by atoms with Crippen molar-refractivity contribution in [2.45, 2.75) is 66.2 Å². The van der Waals surface area contributed by atoms with Gasteiger partial charge < -0.3 is 0 Å². The molecule has 0 spiro atoms. The van der Waals surface area contributed by atoms with E-state index in [0.29, 0.717) is 11.3 Å². The fraction of sp³-hybridized carbons (Fsp3) is 0.344. The van der Waals surface area contributed by atoms with Crippen LogP contribution in [0.4, 0.5) is 4.39 Å². The number of ketones is 1. The van der Waals surface area contributed by atoms with Crippen LogP contribution in [0.5, 0.6) is 0 Å². The summed E-state index contributed by atoms with van der Waals surface area (Å²) in [5.74, 6) is 0.400. The van der Waals surface area contributed by atoms with E-state index in [1.165, 1.54) is 18.9 Å². The average molecular weight is 485 g/mol. The molecule has 3 nitrogen and oxygen atoms in total. The highest BCUT2D eigenvalue weighted by Crippen LogP contribution is 2.26. The fourth-order valence-corrected chi connectivity index (χ4v) is 3.90. The summed E-state index contributed by atoms with van der Waals surface area (Å²) >= 11 is 0. The molecule has 0 aliphatic heterocycles. The number of benzene rings is 2. The average Bonchev–Trinajstić information content (AvgIpc) is 2.87. The summed E-state index contributed by atoms with van der Waals surface area (Å²) in [4.78, 5) is 15.5. The van der Waals surface area contributed by atoms with Crippen LogP contribution in [0.2, 0.25) is 0 Å². The Balaban J connectivity index is 0.000000434. The first-order valence-corrected chi connectivity index (χ1v) is 12.7. The molecular formula is C32H37FN2O. The number of rotatable bonds is 10. The van der Waals surface area contributed by atoms with E-state index >= 15 is 0 Å². The quantitative estimate of drug-likeness (QED) is 0.290. The number of hydrogen-bond acceptors (Lipinski definition) is 3. The van der Waals surface area contributed by atoms with E-state index in [-0.39, 0.29) is 11.7 Å². The number of hydrogen-bond donors (Lipinski definition) is 0. The molecular weight excluding hydrogens is 447 g/mol. The number of aromatic nitrogens is 1. The topological polar surface area (TPSA) is 53.8 Å². The van der Waals surface area contributed by atoms with E-state index in [2.05, 4.69) is 19.6 Å². The Hall–Kier alpha value is -3.58. The van der Waals surface area contributed by atoms with Crippen LogP contribution < -0.4 is 0 Å². The molecule has 36 heavy (non-hydrogen) atoms. The van der Waals surface area contributed by atoms with E-state index in [9.17, 15) is 14.4 Å². The molecule has 0 N–H and O–H groups in total. The van der Waals surface area contributed by atoms with Gasteiger partial charge in [-0.2, -0.15) is 5.26 Å². The molecule has 4 heteroatoms. The molecule has 1 atom stereocenters. The molecule has 1 heterocycles. The number of carbonyl (C=O) groups excluding carboxylic acids is 1. The first-order chi connectivity index (χ1) is 17.3. The summed E-state index contributed by atoms with van der Waals surface area (Å²) < 4.78 is 13.3. The van der Waals surface area contributed by atoms with E-state index in [0.717, 1.165) is 59.3 Å². The zero-order chi connectivity index (χ0) is 26.5. The zero-order valence-corrected chi connectivity index (χ0v) is 22.0. The second-order valence-electron chi connectivity index (χ2n) is 9.27. The minimum Gasteiger partial charge on any atom is -0.300 e. The molecule has 0 fully saturated rings. The fourth-order valence-electron chi connectivity index (χ4n) is 3.90. The van der Waals surface area contributed by atoms with Crippen molar-refractivity contribution in [2.75, 3.05) is 0 Å². The highest BCUT2D eigenvalue weighted by Gasteiger charge is 2.11. The number of nitriles is 1. The van der Waals surface area contributed by atoms with E-state index in [1.807, 2.05) is 50.2 Å². The third-order valence-corrected chi connectivity index (χ3v) is 6.21. The van der Waals surface area contributed by atoms with Gasteiger partial charge in [-0.1, -0.05) is 69.7 Å². The van der Waals surface area contributed by atoms with Crippen molar-refractivity contribution < 1.29 is 9.18 Å². The van der Waals surface area contributed by atoms with Crippen molar-refractivity contribution in [2.24, 2.45) is 5.92 Å². The molecule has 1 aromatic heterocycles. The van der Waals surface area contributed by atoms with Gasteiger partial charge >= 0.3 is 0 Å². The molecule has 0 amide bonds. The molecule has 0 bridgehead atoms. The third-order valence-electron chi connectivity index (χ3n) is 6.21. The van der Waals surface area contributed by atoms with Crippen LogP contribution in [0.1, 0.15) is 75.8 Å². The number of unbranched alkanes of at least 4 members (excludes halogenated alkanes) is 1. The van der Waals surface area contributed by atoms with Crippen molar-refractivity contribution in [3.8, 4) is 17.3 Å². The van der Waals surface area contributed by atoms with Gasteiger partial charge in [-0.05, 0) is 80.5 Å². The van der Waals surface area contributed by atoms with Gasteiger partial charge in [0.25, 0.3) is 0 Å². The molecule has 1 unspecified atom stereocenters. The summed E-state index contributed by atoms with van der Waals surface area (Å²) in [6.45, 7) is 11.8. The second-order valence-corrected chi connectivity index (χ2v) is 9.27. The third kappa shape index (κ3) is 8.89. The lowest BCUT2D eigenvalue weighted by molar-refractivity contribution is -0.120. The van der Waals surface area contributed by atoms with E-state index < -0.39 is 0 Å². The predicted octanol–water partition coefficient (Wildman–Crippen LogP) is 8.37. The molecule has 0 saturated heterocycles. The monoisotopic (exact) mass is 484 g/mol. The zero-order valence-electron chi connectivity index (χ0n) is 22.0. The molecule has 2 aromatic carbocycles. The summed E-state index contributed by atoms with van der Waals surface area (Å²) in [5, 5.41) is 9.36. The van der Waals surface area contributed by atoms with Crippen molar-refractivity contribution in [1.82, 2.24) is 4.98 Å². The van der Waals surface area contributed by atoms with Crippen LogP contribution in [-0.2, 0) is 17.6 Å². The number of Topliss-reactive ketones (excluding diaryl/α,β-unsaturated/α-hetero) is 1. The van der Waals surface area contributed by atoms with Gasteiger partial charge in [-0.25, -0.2) is 4.39 Å². The first kappa shape index (κ1) is 28.7. The van der Waals surface area contributed by atoms with E-state index in [1.54, 1.807) is 25.1 Å². The molecule has 0 aliphatic carbocycles. The summed E-state index contributed by atoms with van der Waals surface area (Å²) in [6, 6.07) is 20.4. The standard InChI is InChI=1S/C24H21FN2.C8H16O/c1-17(2)21-13-14-24(22-11-4-3-9-19(22)16-26)27-23(21)12-6-8-18-7-5-10-20(25)15-18;1-4-5-6-7(2)8(3)9/h3-5,7,9-11,13-15H,1,6,8,12H2,2H3;7H,4-6H2,1-3H3. The van der Waals surface area contributed by atoms with Gasteiger partial charge in [0.1, 0.15) is 11.6 Å². The normalized spacial score (nSPS) is 11.1. The van der Waals surface area contributed by atoms with Gasteiger partial charge in [0.2, 0.25) is 0 Å². The Morgan fingerprint density at radius 2 is 1.81 bits per heavy atom. The number of nitrogens with zero attached hydrogens (tertiary/aromatic N) is 2. The van der Waals surface area contributed by atoms with Crippen molar-refractivity contribution in [1.29, 1.82) is 5.26 Å². The first-order valence-electron chi connectivity index (χ1n) is 12.7. The summed E-state index contributed by atoms with van der Waals surface area (Å²) in [6.07, 6.45) is 5.85. The lowest BCUT2D eigenvalue weighted by Gasteiger charge is -2.12. The van der Waals surface area contributed by atoms with Crippen LogP contribution in [0.3, 0.4) is 0 Å². The predicted molar refractivity (Wildman–Crippen MR) is 147 cm³/mol. The minimum absolute atomic E-state index is 0.205. The molecule has 188 valence electrons. The van der Waals surface area contributed by atoms with Crippen LogP contribution >= 0.6 is 0 Å². The van der Waals surface area contributed by atoms with Gasteiger partial charge in [0, 0.05) is 17.2 Å². The summed E-state index contributed by atoms with van der Waals surface area (Å²) in [7, 11) is 0. The van der Waals surface area contributed by atoms with Crippen molar-refractivity contribution in [3.63, 3.8) is 0 Å². The SMILES string of the molecule is C=C(C)c1ccc(-c2ccccc2C#N)nc1CCCc1cccc(F)c1.CCCCC(C)C(C)=O. The number of carbonyl (C=O) groups is 1. The Labute approximate surface area is 215 Å². The van der Waals surface area contributed by atoms with Gasteiger partial charge in [0.15, 0.2) is 0 Å². The Bertz CT molecular complexity index is 1210. The van der Waals surface area contributed by atoms with Crippen LogP contribution in [0, 0.1) is 23.1 Å². The van der Waals surface area contributed by atoms with E-state index in [4.69, 9.17) is 4.98 Å². The summed E-state index contributed by atoms with van der Waals surface area (Å²) in [5.41, 5.74) is 6.18. The Morgan fingerprint density at radius 3 is 2.44 bits per heavy atom. The number of aryl methyl sites for hydroxylation is 2. The Morgan fingerprint density at radius 1 is 1.06 bits per heavy atom. The van der Waals surface area contributed by atoms with Gasteiger partial charge in [-0.3, -0.25) is 9.78 Å². The molecule has 3 rings (SSSR count). The van der Waals surface area contributed by atoms with Gasteiger partial charge in [0.05, 0.1) is 17.3 Å². The van der Waals surface area contributed by atoms with Gasteiger partial charge in [-0.15, -0.1) is 0 Å². The minimum atomic E-state index is -0.205. The highest BCUT2D eigenvalue weighted by atomic mass is 19.1. The number of halogens is 1. The highest BCUT2D eigenvalue weighted by molar-refractivity contribution is 5.77. The molecule has 0 aliphatic rings. The molecule has 0 radical (unpaired) electrons. The molecule has 0 saturated carbocycles. The number of allylic oxidation sites excluding steroid dienone is 1. The Kier molecular flexibility index (Phi) is 11.7. The lowest BCUT2D eigenvalue weighted by atomic mass is 9.98. The second kappa shape index (κ2) is 14.7.